The molecule has 6 atom stereocenters. The quantitative estimate of drug-likeness (QED) is 0.740. The van der Waals surface area contributed by atoms with E-state index in [4.69, 9.17) is 4.74 Å². The maximum Gasteiger partial charge on any atom is 0.303 e. The normalized spacial score (nSPS) is 44.3. The van der Waals surface area contributed by atoms with E-state index in [1.807, 2.05) is 0 Å². The van der Waals surface area contributed by atoms with Crippen LogP contribution >= 0.6 is 0 Å². The van der Waals surface area contributed by atoms with Gasteiger partial charge in [0, 0.05) is 30.4 Å². The molecule has 1 heterocycles. The van der Waals surface area contributed by atoms with Crippen LogP contribution in [0.3, 0.4) is 0 Å². The molecule has 1 aliphatic heterocycles. The van der Waals surface area contributed by atoms with Gasteiger partial charge < -0.3 is 10.1 Å². The van der Waals surface area contributed by atoms with Gasteiger partial charge in [0.25, 0.3) is 0 Å². The molecule has 0 spiro atoms. The summed E-state index contributed by atoms with van der Waals surface area (Å²) < 4.78 is 5.81. The molecule has 1 N–H and O–H groups in total. The number of fused-ring (bicyclic) bond motifs is 5. The van der Waals surface area contributed by atoms with Crippen LogP contribution in [-0.4, -0.2) is 29.8 Å². The lowest BCUT2D eigenvalue weighted by molar-refractivity contribution is -0.185. The van der Waals surface area contributed by atoms with Gasteiger partial charge in [-0.3, -0.25) is 14.4 Å². The van der Waals surface area contributed by atoms with Gasteiger partial charge in [-0.1, -0.05) is 25.5 Å². The minimum atomic E-state index is -1.01. The molecular formula is C23H31NO4. The first-order valence-corrected chi connectivity index (χ1v) is 10.4. The summed E-state index contributed by atoms with van der Waals surface area (Å²) in [5.74, 6) is 0.626. The van der Waals surface area contributed by atoms with Crippen molar-refractivity contribution in [1.29, 1.82) is 0 Å². The Balaban J connectivity index is 1.79. The van der Waals surface area contributed by atoms with Crippen LogP contribution in [-0.2, 0) is 19.1 Å². The molecule has 0 bridgehead atoms. The molecule has 0 radical (unpaired) electrons. The summed E-state index contributed by atoms with van der Waals surface area (Å²) in [6.45, 7) is 10.2. The van der Waals surface area contributed by atoms with Crippen molar-refractivity contribution in [3.05, 3.63) is 23.3 Å². The predicted octanol–water partition coefficient (Wildman–Crippen LogP) is 3.34. The molecule has 0 saturated heterocycles. The lowest BCUT2D eigenvalue weighted by Gasteiger charge is -2.57. The summed E-state index contributed by atoms with van der Waals surface area (Å²) in [7, 11) is 0. The van der Waals surface area contributed by atoms with Crippen molar-refractivity contribution in [3.8, 4) is 0 Å². The summed E-state index contributed by atoms with van der Waals surface area (Å²) >= 11 is 0. The van der Waals surface area contributed by atoms with Crippen LogP contribution < -0.4 is 5.32 Å². The highest BCUT2D eigenvalue weighted by molar-refractivity contribution is 5.91. The summed E-state index contributed by atoms with van der Waals surface area (Å²) in [4.78, 5) is 36.6. The van der Waals surface area contributed by atoms with E-state index in [0.29, 0.717) is 30.7 Å². The lowest BCUT2D eigenvalue weighted by atomic mass is 9.48. The fourth-order valence-electron chi connectivity index (χ4n) is 7.22. The minimum absolute atomic E-state index is 0.00866. The van der Waals surface area contributed by atoms with Crippen molar-refractivity contribution in [2.45, 2.75) is 65.9 Å². The number of ether oxygens (including phenoxy) is 1. The zero-order valence-corrected chi connectivity index (χ0v) is 17.6. The Morgan fingerprint density at radius 2 is 1.82 bits per heavy atom. The van der Waals surface area contributed by atoms with Crippen molar-refractivity contribution in [2.24, 2.45) is 28.6 Å². The number of esters is 1. The second kappa shape index (κ2) is 6.04. The van der Waals surface area contributed by atoms with E-state index < -0.39 is 5.60 Å². The standard InChI is InChI=1S/C23H31NO4/c1-13-10-16-17(21(4)12-24-20(27)11-19(13)21)6-8-22(5)18(16)7-9-23(22,14(2)25)28-15(3)26/h10-11,16-18H,6-9,12H2,1-5H3,(H,24,27)/t16-,17+,18+,21-,22+,23+/m1/s1. The molecule has 3 aliphatic carbocycles. The number of nitrogens with one attached hydrogen (secondary N) is 1. The lowest BCUT2D eigenvalue weighted by Crippen LogP contribution is -2.59. The highest BCUT2D eigenvalue weighted by Crippen LogP contribution is 2.66. The molecule has 2 saturated carbocycles. The number of rotatable bonds is 2. The largest absolute Gasteiger partial charge is 0.451 e. The molecule has 5 nitrogen and oxygen atoms in total. The first kappa shape index (κ1) is 19.4. The van der Waals surface area contributed by atoms with Gasteiger partial charge in [0.1, 0.15) is 0 Å². The third-order valence-corrected chi connectivity index (χ3v) is 8.55. The van der Waals surface area contributed by atoms with Gasteiger partial charge >= 0.3 is 5.97 Å². The maximum absolute atomic E-state index is 12.8. The third-order valence-electron chi connectivity index (χ3n) is 8.55. The van der Waals surface area contributed by atoms with Crippen LogP contribution in [0, 0.1) is 28.6 Å². The average molecular weight is 386 g/mol. The molecule has 152 valence electrons. The van der Waals surface area contributed by atoms with E-state index >= 15 is 0 Å². The van der Waals surface area contributed by atoms with Gasteiger partial charge in [-0.25, -0.2) is 0 Å². The van der Waals surface area contributed by atoms with Crippen molar-refractivity contribution in [2.75, 3.05) is 6.54 Å². The van der Waals surface area contributed by atoms with Crippen molar-refractivity contribution in [1.82, 2.24) is 5.32 Å². The van der Waals surface area contributed by atoms with Gasteiger partial charge in [-0.2, -0.15) is 0 Å². The first-order valence-electron chi connectivity index (χ1n) is 10.4. The summed E-state index contributed by atoms with van der Waals surface area (Å²) in [6, 6.07) is 0. The molecule has 0 unspecified atom stereocenters. The molecule has 4 aliphatic rings. The SMILES string of the molecule is CC(=O)O[C@]1(C(C)=O)CC[C@H]2[C@@H]3C=C(C)C4=CC(=O)NC[C@]4(C)[C@H]3CC[C@@]21C. The number of Topliss-reactive ketones (excluding diaryl/α,β-unsaturated/α-hetero) is 1. The molecular weight excluding hydrogens is 354 g/mol. The first-order chi connectivity index (χ1) is 13.0. The van der Waals surface area contributed by atoms with E-state index in [1.54, 1.807) is 13.0 Å². The fourth-order valence-corrected chi connectivity index (χ4v) is 7.22. The van der Waals surface area contributed by atoms with Crippen molar-refractivity contribution >= 4 is 17.7 Å². The molecule has 0 aromatic heterocycles. The zero-order chi connectivity index (χ0) is 20.5. The highest BCUT2D eigenvalue weighted by Gasteiger charge is 2.67. The molecule has 2 fully saturated rings. The number of allylic oxidation sites excluding steroid dienone is 2. The van der Waals surface area contributed by atoms with E-state index in [2.05, 4.69) is 32.2 Å². The average Bonchev–Trinajstić information content (AvgIpc) is 2.90. The topological polar surface area (TPSA) is 72.5 Å². The molecule has 4 rings (SSSR count). The highest BCUT2D eigenvalue weighted by atomic mass is 16.6. The van der Waals surface area contributed by atoms with Gasteiger partial charge in [0.2, 0.25) is 5.91 Å². The Bertz CT molecular complexity index is 826. The van der Waals surface area contributed by atoms with Gasteiger partial charge in [0.05, 0.1) is 0 Å². The third kappa shape index (κ3) is 2.34. The van der Waals surface area contributed by atoms with E-state index in [-0.39, 0.29) is 28.5 Å². The fraction of sp³-hybridized carbons (Fsp3) is 0.696. The second-order valence-corrected chi connectivity index (χ2v) is 9.80. The van der Waals surface area contributed by atoms with Gasteiger partial charge in [0.15, 0.2) is 11.4 Å². The molecule has 28 heavy (non-hydrogen) atoms. The Morgan fingerprint density at radius 1 is 1.14 bits per heavy atom. The Morgan fingerprint density at radius 3 is 2.46 bits per heavy atom. The summed E-state index contributed by atoms with van der Waals surface area (Å²) in [5.41, 5.74) is 0.903. The van der Waals surface area contributed by atoms with Crippen molar-refractivity contribution < 1.29 is 19.1 Å². The number of carbonyl (C=O) groups excluding carboxylic acids is 3. The Labute approximate surface area is 167 Å². The van der Waals surface area contributed by atoms with E-state index in [9.17, 15) is 14.4 Å². The Hall–Kier alpha value is -1.91. The molecule has 5 heteroatoms. The number of hydrogen-bond acceptors (Lipinski definition) is 4. The predicted molar refractivity (Wildman–Crippen MR) is 105 cm³/mol. The van der Waals surface area contributed by atoms with Gasteiger partial charge in [-0.05, 0) is 62.9 Å². The molecule has 0 aromatic carbocycles. The summed E-state index contributed by atoms with van der Waals surface area (Å²) in [6.07, 6.45) is 7.41. The number of carbonyl (C=O) groups is 3. The van der Waals surface area contributed by atoms with Crippen LogP contribution in [0.5, 0.6) is 0 Å². The van der Waals surface area contributed by atoms with Crippen molar-refractivity contribution in [3.63, 3.8) is 0 Å². The van der Waals surface area contributed by atoms with Crippen LogP contribution in [0.1, 0.15) is 60.3 Å². The van der Waals surface area contributed by atoms with Crippen LogP contribution in [0.2, 0.25) is 0 Å². The monoisotopic (exact) mass is 385 g/mol. The number of amides is 1. The Kier molecular flexibility index (Phi) is 4.19. The summed E-state index contributed by atoms with van der Waals surface area (Å²) in [5, 5.41) is 3.04. The van der Waals surface area contributed by atoms with Crippen LogP contribution in [0.15, 0.2) is 23.3 Å². The maximum atomic E-state index is 12.8. The number of hydrogen-bond donors (Lipinski definition) is 1. The smallest absolute Gasteiger partial charge is 0.303 e. The zero-order valence-electron chi connectivity index (χ0n) is 17.6. The van der Waals surface area contributed by atoms with E-state index in [0.717, 1.165) is 24.8 Å². The van der Waals surface area contributed by atoms with E-state index in [1.165, 1.54) is 12.5 Å². The van der Waals surface area contributed by atoms with Crippen LogP contribution in [0.25, 0.3) is 0 Å². The molecule has 1 amide bonds. The van der Waals surface area contributed by atoms with Gasteiger partial charge in [-0.15, -0.1) is 0 Å². The minimum Gasteiger partial charge on any atom is -0.451 e. The number of ketones is 1. The van der Waals surface area contributed by atoms with Crippen LogP contribution in [0.4, 0.5) is 0 Å². The molecule has 0 aromatic rings. The second-order valence-electron chi connectivity index (χ2n) is 9.80.